The number of carbonyl (C=O) groups excluding carboxylic acids is 1. The molecule has 0 saturated heterocycles. The number of H-pyrrole nitrogens is 1. The number of aromatic nitrogens is 3. The van der Waals surface area contributed by atoms with Crippen LogP contribution in [0.4, 0.5) is 16.4 Å². The zero-order chi connectivity index (χ0) is 25.8. The van der Waals surface area contributed by atoms with Crippen molar-refractivity contribution in [1.82, 2.24) is 19.9 Å². The Balaban J connectivity index is 1.75. The number of carbonyl (C=O) groups is 1. The molecule has 3 rings (SSSR count). The van der Waals surface area contributed by atoms with Crippen LogP contribution in [-0.4, -0.2) is 62.5 Å². The molecule has 0 aliphatic carbocycles. The van der Waals surface area contributed by atoms with E-state index in [0.29, 0.717) is 25.3 Å². The third-order valence-corrected chi connectivity index (χ3v) is 5.68. The second kappa shape index (κ2) is 11.1. The van der Waals surface area contributed by atoms with E-state index in [-0.39, 0.29) is 39.2 Å². The summed E-state index contributed by atoms with van der Waals surface area (Å²) < 4.78 is 11.2. The van der Waals surface area contributed by atoms with Crippen LogP contribution >= 0.6 is 22.6 Å². The topological polar surface area (TPSA) is 145 Å². The van der Waals surface area contributed by atoms with Gasteiger partial charge in [-0.1, -0.05) is 6.08 Å². The molecule has 1 aliphatic heterocycles. The molecule has 0 spiro atoms. The van der Waals surface area contributed by atoms with Crippen LogP contribution in [0, 0.1) is 5.41 Å². The molecule has 0 aromatic carbocycles. The van der Waals surface area contributed by atoms with Crippen molar-refractivity contribution in [3.8, 4) is 5.75 Å². The number of methoxy groups -OCH3 is 1. The molecule has 1 aliphatic rings. The molecule has 0 radical (unpaired) electrons. The summed E-state index contributed by atoms with van der Waals surface area (Å²) in [5.41, 5.74) is 2.06. The maximum atomic E-state index is 12.5. The van der Waals surface area contributed by atoms with Crippen LogP contribution in [0.2, 0.25) is 0 Å². The van der Waals surface area contributed by atoms with E-state index < -0.39 is 5.60 Å². The molecule has 1 amide bonds. The van der Waals surface area contributed by atoms with E-state index in [9.17, 15) is 9.59 Å². The van der Waals surface area contributed by atoms with Crippen molar-refractivity contribution in [2.45, 2.75) is 39.3 Å². The fourth-order valence-corrected chi connectivity index (χ4v) is 3.85. The lowest BCUT2D eigenvalue weighted by molar-refractivity contribution is 0.0270. The third-order valence-electron chi connectivity index (χ3n) is 5.17. The number of rotatable bonds is 7. The number of hydrogen-bond acceptors (Lipinski definition) is 9. The monoisotopic (exact) mass is 595 g/mol. The number of nitrogens with one attached hydrogen (secondary N) is 4. The fraction of sp³-hybridized carbons (Fsp3) is 0.435. The SMILES string of the molecule is CNc1nc(C(=N)I)c(NCc2cnc(C3=CCN(C(=O)OC(C)(C)C)CC3)cc2OC)c(=O)[nH]1. The van der Waals surface area contributed by atoms with Gasteiger partial charge in [-0.2, -0.15) is 0 Å². The minimum atomic E-state index is -0.534. The van der Waals surface area contributed by atoms with Crippen molar-refractivity contribution in [2.24, 2.45) is 0 Å². The number of ether oxygens (including phenoxy) is 2. The van der Waals surface area contributed by atoms with Crippen LogP contribution in [-0.2, 0) is 11.3 Å². The Labute approximate surface area is 217 Å². The van der Waals surface area contributed by atoms with E-state index in [2.05, 4.69) is 25.6 Å². The lowest BCUT2D eigenvalue weighted by atomic mass is 10.0. The number of amides is 1. The first-order chi connectivity index (χ1) is 16.5. The van der Waals surface area contributed by atoms with E-state index in [0.717, 1.165) is 16.8 Å². The number of nitrogens with zero attached hydrogens (tertiary/aromatic N) is 3. The van der Waals surface area contributed by atoms with Gasteiger partial charge in [0.15, 0.2) is 0 Å². The van der Waals surface area contributed by atoms with Crippen molar-refractivity contribution < 1.29 is 14.3 Å². The third kappa shape index (κ3) is 6.71. The smallest absolute Gasteiger partial charge is 0.410 e. The highest BCUT2D eigenvalue weighted by Crippen LogP contribution is 2.27. The Morgan fingerprint density at radius 1 is 1.37 bits per heavy atom. The Kier molecular flexibility index (Phi) is 8.35. The Bertz CT molecular complexity index is 1200. The van der Waals surface area contributed by atoms with Crippen molar-refractivity contribution in [2.75, 3.05) is 37.9 Å². The number of anilines is 2. The van der Waals surface area contributed by atoms with E-state index in [1.54, 1.807) is 25.3 Å². The van der Waals surface area contributed by atoms with Crippen LogP contribution < -0.4 is 20.9 Å². The van der Waals surface area contributed by atoms with E-state index in [1.165, 1.54) is 0 Å². The Hall–Kier alpha value is -3.16. The number of pyridine rings is 1. The van der Waals surface area contributed by atoms with Crippen LogP contribution in [0.25, 0.3) is 5.57 Å². The summed E-state index contributed by atoms with van der Waals surface area (Å²) in [6.07, 6.45) is 3.99. The first-order valence-electron chi connectivity index (χ1n) is 11.0. The van der Waals surface area contributed by atoms with Crippen LogP contribution in [0.5, 0.6) is 5.75 Å². The van der Waals surface area contributed by atoms with Gasteiger partial charge in [-0.25, -0.2) is 9.78 Å². The first-order valence-corrected chi connectivity index (χ1v) is 12.1. The predicted molar refractivity (Wildman–Crippen MR) is 144 cm³/mol. The van der Waals surface area contributed by atoms with E-state index in [1.807, 2.05) is 55.5 Å². The lowest BCUT2D eigenvalue weighted by Gasteiger charge is -2.29. The summed E-state index contributed by atoms with van der Waals surface area (Å²) in [5, 5.41) is 13.8. The summed E-state index contributed by atoms with van der Waals surface area (Å²) in [6.45, 7) is 6.78. The number of aromatic amines is 1. The predicted octanol–water partition coefficient (Wildman–Crippen LogP) is 3.61. The van der Waals surface area contributed by atoms with Gasteiger partial charge in [0.2, 0.25) is 5.95 Å². The van der Waals surface area contributed by atoms with Gasteiger partial charge in [0, 0.05) is 44.5 Å². The molecule has 4 N–H and O–H groups in total. The normalized spacial score (nSPS) is 13.7. The second-order valence-corrected chi connectivity index (χ2v) is 9.92. The number of hydrogen-bond donors (Lipinski definition) is 4. The van der Waals surface area contributed by atoms with Gasteiger partial charge in [-0.3, -0.25) is 20.2 Å². The quantitative estimate of drug-likeness (QED) is 0.281. The molecule has 0 unspecified atom stereocenters. The molecular formula is C23H30IN7O4. The molecular weight excluding hydrogens is 565 g/mol. The highest BCUT2D eigenvalue weighted by Gasteiger charge is 2.24. The van der Waals surface area contributed by atoms with Gasteiger partial charge >= 0.3 is 6.09 Å². The fourth-order valence-electron chi connectivity index (χ4n) is 3.46. The summed E-state index contributed by atoms with van der Waals surface area (Å²) in [6, 6.07) is 1.85. The summed E-state index contributed by atoms with van der Waals surface area (Å²) in [5.74, 6) is 0.895. The zero-order valence-corrected chi connectivity index (χ0v) is 22.6. The Morgan fingerprint density at radius 3 is 2.69 bits per heavy atom. The first kappa shape index (κ1) is 26.4. The molecule has 0 bridgehead atoms. The summed E-state index contributed by atoms with van der Waals surface area (Å²) in [4.78, 5) is 38.0. The van der Waals surface area contributed by atoms with Gasteiger partial charge in [-0.05, 0) is 55.4 Å². The molecule has 0 fully saturated rings. The molecule has 35 heavy (non-hydrogen) atoms. The van der Waals surface area contributed by atoms with Crippen molar-refractivity contribution in [3.05, 3.63) is 45.6 Å². The molecule has 188 valence electrons. The van der Waals surface area contributed by atoms with E-state index in [4.69, 9.17) is 14.9 Å². The molecule has 2 aromatic heterocycles. The largest absolute Gasteiger partial charge is 0.496 e. The van der Waals surface area contributed by atoms with Crippen molar-refractivity contribution in [3.63, 3.8) is 0 Å². The average Bonchev–Trinajstić information content (AvgIpc) is 2.81. The maximum Gasteiger partial charge on any atom is 0.410 e. The average molecular weight is 595 g/mol. The minimum Gasteiger partial charge on any atom is -0.496 e. The van der Waals surface area contributed by atoms with Gasteiger partial charge in [0.25, 0.3) is 5.56 Å². The van der Waals surface area contributed by atoms with Crippen LogP contribution in [0.15, 0.2) is 23.1 Å². The van der Waals surface area contributed by atoms with Crippen molar-refractivity contribution >= 4 is 49.6 Å². The van der Waals surface area contributed by atoms with Gasteiger partial charge in [-0.15, -0.1) is 0 Å². The lowest BCUT2D eigenvalue weighted by Crippen LogP contribution is -2.39. The zero-order valence-electron chi connectivity index (χ0n) is 20.4. The minimum absolute atomic E-state index is 0.137. The van der Waals surface area contributed by atoms with Crippen molar-refractivity contribution in [1.29, 1.82) is 5.41 Å². The molecule has 0 atom stereocenters. The Morgan fingerprint density at radius 2 is 2.11 bits per heavy atom. The summed E-state index contributed by atoms with van der Waals surface area (Å²) in [7, 11) is 3.21. The number of halogens is 1. The van der Waals surface area contributed by atoms with Gasteiger partial charge < -0.3 is 25.0 Å². The molecule has 12 heteroatoms. The maximum absolute atomic E-state index is 12.5. The summed E-state index contributed by atoms with van der Waals surface area (Å²) >= 11 is 1.82. The van der Waals surface area contributed by atoms with E-state index >= 15 is 0 Å². The molecule has 0 saturated carbocycles. The molecule has 2 aromatic rings. The second-order valence-electron chi connectivity index (χ2n) is 8.84. The highest BCUT2D eigenvalue weighted by atomic mass is 127. The standard InChI is InChI=1S/C23H30IN7O4/c1-23(2,3)35-22(33)31-8-6-13(7-9-31)15-10-16(34-5)14(11-27-15)12-28-18-17(19(24)25)29-21(26-4)30-20(18)32/h6,10-11,25,28H,7-9,12H2,1-5H3,(H2,26,29,30,32). The van der Waals surface area contributed by atoms with Gasteiger partial charge in [0.1, 0.15) is 26.5 Å². The van der Waals surface area contributed by atoms with Gasteiger partial charge in [0.05, 0.1) is 12.8 Å². The highest BCUT2D eigenvalue weighted by molar-refractivity contribution is 14.1. The van der Waals surface area contributed by atoms with Crippen LogP contribution in [0.1, 0.15) is 44.1 Å². The van der Waals surface area contributed by atoms with Crippen LogP contribution in [0.3, 0.4) is 0 Å². The molecule has 3 heterocycles. The molecule has 11 nitrogen and oxygen atoms in total.